The molecule has 26 heavy (non-hydrogen) atoms. The number of piperidine rings is 3. The van der Waals surface area contributed by atoms with E-state index >= 15 is 0 Å². The Kier molecular flexibility index (Phi) is 4.57. The van der Waals surface area contributed by atoms with Crippen LogP contribution in [0.5, 0.6) is 5.75 Å². The van der Waals surface area contributed by atoms with Crippen LogP contribution in [0.1, 0.15) is 25.3 Å². The van der Waals surface area contributed by atoms with E-state index in [-0.39, 0.29) is 5.82 Å². The summed E-state index contributed by atoms with van der Waals surface area (Å²) < 4.78 is 19.7. The minimum Gasteiger partial charge on any atom is -0.496 e. The highest BCUT2D eigenvalue weighted by molar-refractivity contribution is 5.65. The highest BCUT2D eigenvalue weighted by Crippen LogP contribution is 2.34. The van der Waals surface area contributed by atoms with E-state index in [0.717, 1.165) is 17.2 Å². The van der Waals surface area contributed by atoms with Gasteiger partial charge in [0.2, 0.25) is 0 Å². The summed E-state index contributed by atoms with van der Waals surface area (Å²) in [5, 5.41) is 3.66. The summed E-state index contributed by atoms with van der Waals surface area (Å²) >= 11 is 0. The van der Waals surface area contributed by atoms with Gasteiger partial charge in [0.1, 0.15) is 11.6 Å². The predicted octanol–water partition coefficient (Wildman–Crippen LogP) is 4.10. The average Bonchev–Trinajstić information content (AvgIpc) is 2.66. The molecule has 0 aliphatic carbocycles. The maximum atomic E-state index is 14.4. The fourth-order valence-corrected chi connectivity index (χ4v) is 4.45. The van der Waals surface area contributed by atoms with E-state index in [9.17, 15) is 4.39 Å². The van der Waals surface area contributed by atoms with Crippen LogP contribution in [0.15, 0.2) is 30.5 Å². The zero-order chi connectivity index (χ0) is 18.3. The number of anilines is 1. The number of hydrogen-bond acceptors (Lipinski definition) is 4. The van der Waals surface area contributed by atoms with Gasteiger partial charge in [-0.15, -0.1) is 0 Å². The molecular weight excluding hydrogens is 329 g/mol. The molecule has 5 heteroatoms. The number of rotatable bonds is 4. The molecule has 0 radical (unpaired) electrons. The Hall–Kier alpha value is -2.14. The molecule has 4 heterocycles. The third-order valence-corrected chi connectivity index (χ3v) is 6.04. The maximum absolute atomic E-state index is 14.4. The van der Waals surface area contributed by atoms with Gasteiger partial charge in [0.05, 0.1) is 24.7 Å². The van der Waals surface area contributed by atoms with Crippen molar-refractivity contribution in [3.8, 4) is 17.0 Å². The number of aromatic nitrogens is 1. The lowest BCUT2D eigenvalue weighted by Gasteiger charge is -2.50. The number of nitrogens with zero attached hydrogens (tertiary/aromatic N) is 2. The second-order valence-corrected chi connectivity index (χ2v) is 7.52. The molecule has 1 aromatic heterocycles. The molecule has 0 amide bonds. The number of pyridine rings is 1. The lowest BCUT2D eigenvalue weighted by Crippen LogP contribution is -2.59. The van der Waals surface area contributed by atoms with Gasteiger partial charge in [0.25, 0.3) is 0 Å². The lowest BCUT2D eigenvalue weighted by molar-refractivity contribution is 0.0458. The van der Waals surface area contributed by atoms with Gasteiger partial charge in [-0.25, -0.2) is 4.39 Å². The van der Waals surface area contributed by atoms with Crippen molar-refractivity contribution in [2.75, 3.05) is 25.5 Å². The van der Waals surface area contributed by atoms with Gasteiger partial charge < -0.3 is 10.1 Å². The molecule has 1 N–H and O–H groups in total. The highest BCUT2D eigenvalue weighted by atomic mass is 19.1. The van der Waals surface area contributed by atoms with Gasteiger partial charge >= 0.3 is 0 Å². The first-order valence-corrected chi connectivity index (χ1v) is 9.38. The molecule has 2 atom stereocenters. The lowest BCUT2D eigenvalue weighted by atomic mass is 9.79. The van der Waals surface area contributed by atoms with E-state index in [1.54, 1.807) is 13.2 Å². The Bertz CT molecular complexity index is 783. The summed E-state index contributed by atoms with van der Waals surface area (Å²) in [6.45, 7) is 6.57. The predicted molar refractivity (Wildman–Crippen MR) is 102 cm³/mol. The van der Waals surface area contributed by atoms with E-state index in [4.69, 9.17) is 4.74 Å². The zero-order valence-electron chi connectivity index (χ0n) is 15.6. The van der Waals surface area contributed by atoms with Gasteiger partial charge in [0, 0.05) is 17.6 Å². The van der Waals surface area contributed by atoms with Gasteiger partial charge in [-0.3, -0.25) is 9.88 Å². The number of aryl methyl sites for hydroxylation is 1. The molecule has 1 aromatic carbocycles. The summed E-state index contributed by atoms with van der Waals surface area (Å²) in [4.78, 5) is 7.06. The van der Waals surface area contributed by atoms with E-state index < -0.39 is 0 Å². The van der Waals surface area contributed by atoms with Crippen LogP contribution in [0.2, 0.25) is 0 Å². The highest BCUT2D eigenvalue weighted by Gasteiger charge is 2.39. The van der Waals surface area contributed by atoms with E-state index in [1.165, 1.54) is 32.0 Å². The minimum absolute atomic E-state index is 0.275. The summed E-state index contributed by atoms with van der Waals surface area (Å²) in [6.07, 6.45) is 4.34. The molecule has 3 aliphatic heterocycles. The van der Waals surface area contributed by atoms with Crippen LogP contribution in [-0.4, -0.2) is 42.2 Å². The first kappa shape index (κ1) is 17.3. The van der Waals surface area contributed by atoms with Crippen LogP contribution in [0.25, 0.3) is 11.3 Å². The van der Waals surface area contributed by atoms with Crippen LogP contribution < -0.4 is 10.1 Å². The van der Waals surface area contributed by atoms with Crippen molar-refractivity contribution >= 4 is 5.69 Å². The largest absolute Gasteiger partial charge is 0.496 e. The molecule has 0 saturated carbocycles. The SMILES string of the molecule is COc1cc(-c2ccc(N[C@H]3C4CCN(CC4)[C@@H]3C)cn2)c(F)cc1C. The standard InChI is InChI=1S/C21H26FN3O/c1-13-10-18(22)17(11-20(13)26-3)19-5-4-16(12-23-19)24-21-14(2)25-8-6-15(21)7-9-25/h4-5,10-12,14-15,21,24H,6-9H2,1-3H3/t14-,21-/m1/s1. The Morgan fingerprint density at radius 1 is 1.23 bits per heavy atom. The number of nitrogens with one attached hydrogen (secondary N) is 1. The van der Waals surface area contributed by atoms with Crippen molar-refractivity contribution in [2.45, 2.75) is 38.8 Å². The van der Waals surface area contributed by atoms with E-state index in [0.29, 0.717) is 29.1 Å². The zero-order valence-corrected chi connectivity index (χ0v) is 15.6. The van der Waals surface area contributed by atoms with Crippen molar-refractivity contribution in [2.24, 2.45) is 5.92 Å². The van der Waals surface area contributed by atoms with E-state index in [1.807, 2.05) is 25.3 Å². The van der Waals surface area contributed by atoms with Crippen LogP contribution in [0.3, 0.4) is 0 Å². The number of ether oxygens (including phenoxy) is 1. The Morgan fingerprint density at radius 2 is 2.00 bits per heavy atom. The smallest absolute Gasteiger partial charge is 0.133 e. The topological polar surface area (TPSA) is 37.4 Å². The normalized spacial score (nSPS) is 27.4. The molecule has 2 bridgehead atoms. The Morgan fingerprint density at radius 3 is 2.62 bits per heavy atom. The van der Waals surface area contributed by atoms with Crippen molar-refractivity contribution < 1.29 is 9.13 Å². The van der Waals surface area contributed by atoms with Gasteiger partial charge in [-0.2, -0.15) is 0 Å². The molecule has 3 saturated heterocycles. The molecule has 2 aromatic rings. The molecule has 5 rings (SSSR count). The van der Waals surface area contributed by atoms with Crippen LogP contribution >= 0.6 is 0 Å². The minimum atomic E-state index is -0.275. The Balaban J connectivity index is 1.54. The van der Waals surface area contributed by atoms with E-state index in [2.05, 4.69) is 22.1 Å². The number of methoxy groups -OCH3 is 1. The third-order valence-electron chi connectivity index (χ3n) is 6.04. The molecule has 3 aliphatic rings. The van der Waals surface area contributed by atoms with Crippen LogP contribution in [0.4, 0.5) is 10.1 Å². The number of hydrogen-bond donors (Lipinski definition) is 1. The first-order valence-electron chi connectivity index (χ1n) is 9.38. The third kappa shape index (κ3) is 3.05. The Labute approximate surface area is 154 Å². The fraction of sp³-hybridized carbons (Fsp3) is 0.476. The van der Waals surface area contributed by atoms with Gasteiger partial charge in [0.15, 0.2) is 0 Å². The molecular formula is C21H26FN3O. The van der Waals surface area contributed by atoms with Crippen LogP contribution in [0, 0.1) is 18.7 Å². The van der Waals surface area contributed by atoms with Crippen molar-refractivity contribution in [3.05, 3.63) is 41.8 Å². The summed E-state index contributed by atoms with van der Waals surface area (Å²) in [5.41, 5.74) is 2.87. The monoisotopic (exact) mass is 355 g/mol. The second kappa shape index (κ2) is 6.88. The second-order valence-electron chi connectivity index (χ2n) is 7.52. The van der Waals surface area contributed by atoms with Crippen molar-refractivity contribution in [3.63, 3.8) is 0 Å². The fourth-order valence-electron chi connectivity index (χ4n) is 4.45. The van der Waals surface area contributed by atoms with Crippen molar-refractivity contribution in [1.82, 2.24) is 9.88 Å². The first-order chi connectivity index (χ1) is 12.6. The maximum Gasteiger partial charge on any atom is 0.133 e. The summed E-state index contributed by atoms with van der Waals surface area (Å²) in [7, 11) is 1.60. The van der Waals surface area contributed by atoms with Gasteiger partial charge in [-0.05, 0) is 75.5 Å². The quantitative estimate of drug-likeness (QED) is 0.896. The van der Waals surface area contributed by atoms with Crippen LogP contribution in [-0.2, 0) is 0 Å². The molecule has 3 fully saturated rings. The molecule has 0 unspecified atom stereocenters. The van der Waals surface area contributed by atoms with Crippen molar-refractivity contribution in [1.29, 1.82) is 0 Å². The molecule has 0 spiro atoms. The molecule has 4 nitrogen and oxygen atoms in total. The average molecular weight is 355 g/mol. The number of benzene rings is 1. The summed E-state index contributed by atoms with van der Waals surface area (Å²) in [5.74, 6) is 1.13. The number of fused-ring (bicyclic) bond motifs is 3. The summed E-state index contributed by atoms with van der Waals surface area (Å²) in [6, 6.07) is 8.09. The molecule has 138 valence electrons. The van der Waals surface area contributed by atoms with Gasteiger partial charge in [-0.1, -0.05) is 0 Å². The number of halogens is 1.